The smallest absolute Gasteiger partial charge is 0.306 e. The zero-order valence-corrected chi connectivity index (χ0v) is 14.4. The molecule has 1 atom stereocenters. The Balaban J connectivity index is 1.83. The SMILES string of the molecule is CC(CCc1cccn1C)NS(=O)(=O)N1CCC(C(=O)O)CC1. The fourth-order valence-corrected chi connectivity index (χ4v) is 4.32. The maximum Gasteiger partial charge on any atom is 0.306 e. The van der Waals surface area contributed by atoms with Crippen molar-refractivity contribution in [2.45, 2.75) is 38.6 Å². The van der Waals surface area contributed by atoms with Crippen molar-refractivity contribution in [3.05, 3.63) is 24.0 Å². The molecule has 1 unspecified atom stereocenters. The third kappa shape index (κ3) is 4.79. The predicted molar refractivity (Wildman–Crippen MR) is 87.2 cm³/mol. The maximum absolute atomic E-state index is 12.4. The lowest BCUT2D eigenvalue weighted by Gasteiger charge is -2.30. The Morgan fingerprint density at radius 2 is 2.09 bits per heavy atom. The monoisotopic (exact) mass is 343 g/mol. The molecule has 1 fully saturated rings. The number of hydrogen-bond donors (Lipinski definition) is 2. The van der Waals surface area contributed by atoms with Crippen LogP contribution >= 0.6 is 0 Å². The van der Waals surface area contributed by atoms with Crippen molar-refractivity contribution >= 4 is 16.2 Å². The molecule has 8 heteroatoms. The number of carboxylic acid groups (broad SMARTS) is 1. The topological polar surface area (TPSA) is 91.6 Å². The molecule has 1 aromatic heterocycles. The van der Waals surface area contributed by atoms with Crippen molar-refractivity contribution in [1.82, 2.24) is 13.6 Å². The molecular formula is C15H25N3O4S. The summed E-state index contributed by atoms with van der Waals surface area (Å²) in [5.74, 6) is -1.28. The zero-order valence-electron chi connectivity index (χ0n) is 13.6. The van der Waals surface area contributed by atoms with E-state index in [1.807, 2.05) is 36.9 Å². The Kier molecular flexibility index (Phi) is 5.83. The van der Waals surface area contributed by atoms with E-state index < -0.39 is 22.1 Å². The first-order valence-corrected chi connectivity index (χ1v) is 9.34. The van der Waals surface area contributed by atoms with Crippen LogP contribution in [0.2, 0.25) is 0 Å². The fraction of sp³-hybridized carbons (Fsp3) is 0.667. The number of nitrogens with one attached hydrogen (secondary N) is 1. The Hall–Kier alpha value is -1.38. The third-order valence-corrected chi connectivity index (χ3v) is 6.12. The van der Waals surface area contributed by atoms with Crippen molar-refractivity contribution in [2.75, 3.05) is 13.1 Å². The zero-order chi connectivity index (χ0) is 17.0. The molecule has 7 nitrogen and oxygen atoms in total. The maximum atomic E-state index is 12.4. The minimum atomic E-state index is -3.55. The number of carbonyl (C=O) groups is 1. The highest BCUT2D eigenvalue weighted by atomic mass is 32.2. The van der Waals surface area contributed by atoms with E-state index in [9.17, 15) is 13.2 Å². The van der Waals surface area contributed by atoms with Gasteiger partial charge in [0.25, 0.3) is 10.2 Å². The number of rotatable bonds is 7. The Morgan fingerprint density at radius 1 is 1.43 bits per heavy atom. The largest absolute Gasteiger partial charge is 0.481 e. The summed E-state index contributed by atoms with van der Waals surface area (Å²) in [5.41, 5.74) is 1.17. The van der Waals surface area contributed by atoms with Gasteiger partial charge in [-0.05, 0) is 44.7 Å². The number of hydrogen-bond acceptors (Lipinski definition) is 3. The predicted octanol–water partition coefficient (Wildman–Crippen LogP) is 0.977. The number of aromatic nitrogens is 1. The van der Waals surface area contributed by atoms with Crippen molar-refractivity contribution in [2.24, 2.45) is 13.0 Å². The van der Waals surface area contributed by atoms with Crippen molar-refractivity contribution in [1.29, 1.82) is 0 Å². The van der Waals surface area contributed by atoms with Gasteiger partial charge < -0.3 is 9.67 Å². The normalized spacial score (nSPS) is 18.9. The lowest BCUT2D eigenvalue weighted by atomic mass is 9.99. The van der Waals surface area contributed by atoms with Gasteiger partial charge in [0, 0.05) is 38.1 Å². The van der Waals surface area contributed by atoms with E-state index in [-0.39, 0.29) is 19.1 Å². The Bertz CT molecular complexity index is 633. The number of aliphatic carboxylic acids is 1. The summed E-state index contributed by atoms with van der Waals surface area (Å²) in [4.78, 5) is 10.9. The molecule has 0 aromatic carbocycles. The van der Waals surface area contributed by atoms with Crippen LogP contribution in [0.3, 0.4) is 0 Å². The first kappa shape index (κ1) is 18.0. The molecule has 23 heavy (non-hydrogen) atoms. The summed E-state index contributed by atoms with van der Waals surface area (Å²) in [6, 6.07) is 3.82. The van der Waals surface area contributed by atoms with Crippen LogP contribution in [0.25, 0.3) is 0 Å². The van der Waals surface area contributed by atoms with Gasteiger partial charge in [0.2, 0.25) is 0 Å². The third-order valence-electron chi connectivity index (χ3n) is 4.38. The summed E-state index contributed by atoms with van der Waals surface area (Å²) < 4.78 is 30.8. The quantitative estimate of drug-likeness (QED) is 0.772. The number of nitrogens with zero attached hydrogens (tertiary/aromatic N) is 2. The van der Waals surface area contributed by atoms with E-state index in [2.05, 4.69) is 4.72 Å². The second kappa shape index (κ2) is 7.46. The standard InChI is InChI=1S/C15H25N3O4S/c1-12(5-6-14-4-3-9-17(14)2)16-23(21,22)18-10-7-13(8-11-18)15(19)20/h3-4,9,12-13,16H,5-8,10-11H2,1-2H3,(H,19,20). The number of carboxylic acids is 1. The van der Waals surface area contributed by atoms with E-state index >= 15 is 0 Å². The second-order valence-electron chi connectivity index (χ2n) is 6.18. The van der Waals surface area contributed by atoms with Gasteiger partial charge in [-0.3, -0.25) is 4.79 Å². The van der Waals surface area contributed by atoms with Crippen molar-refractivity contribution in [3.63, 3.8) is 0 Å². The molecule has 130 valence electrons. The molecule has 2 heterocycles. The van der Waals surface area contributed by atoms with Crippen LogP contribution in [0.5, 0.6) is 0 Å². The molecule has 1 aliphatic heterocycles. The molecule has 0 amide bonds. The van der Waals surface area contributed by atoms with Gasteiger partial charge in [-0.2, -0.15) is 17.4 Å². The highest BCUT2D eigenvalue weighted by molar-refractivity contribution is 7.87. The van der Waals surface area contributed by atoms with Crippen LogP contribution < -0.4 is 4.72 Å². The summed E-state index contributed by atoms with van der Waals surface area (Å²) in [5, 5.41) is 8.97. The molecule has 1 aliphatic rings. The molecule has 0 saturated carbocycles. The summed E-state index contributed by atoms with van der Waals surface area (Å²) in [7, 11) is -1.58. The molecular weight excluding hydrogens is 318 g/mol. The van der Waals surface area contributed by atoms with Crippen LogP contribution in [0.15, 0.2) is 18.3 Å². The molecule has 0 radical (unpaired) electrons. The lowest BCUT2D eigenvalue weighted by Crippen LogP contribution is -2.48. The summed E-state index contributed by atoms with van der Waals surface area (Å²) in [6.07, 6.45) is 4.22. The summed E-state index contributed by atoms with van der Waals surface area (Å²) >= 11 is 0. The van der Waals surface area contributed by atoms with E-state index in [1.54, 1.807) is 0 Å². The number of piperidine rings is 1. The van der Waals surface area contributed by atoms with Crippen LogP contribution in [-0.2, 0) is 28.5 Å². The second-order valence-corrected chi connectivity index (χ2v) is 7.89. The van der Waals surface area contributed by atoms with Gasteiger partial charge in [0.1, 0.15) is 0 Å². The van der Waals surface area contributed by atoms with Crippen molar-refractivity contribution < 1.29 is 18.3 Å². The summed E-state index contributed by atoms with van der Waals surface area (Å²) in [6.45, 7) is 2.37. The average molecular weight is 343 g/mol. The Morgan fingerprint density at radius 3 is 2.61 bits per heavy atom. The van der Waals surface area contributed by atoms with Crippen LogP contribution in [-0.4, -0.2) is 47.5 Å². The van der Waals surface area contributed by atoms with Gasteiger partial charge in [0.15, 0.2) is 0 Å². The highest BCUT2D eigenvalue weighted by Gasteiger charge is 2.31. The van der Waals surface area contributed by atoms with Gasteiger partial charge in [0.05, 0.1) is 5.92 Å². The lowest BCUT2D eigenvalue weighted by molar-refractivity contribution is -0.142. The van der Waals surface area contributed by atoms with Crippen LogP contribution in [0.4, 0.5) is 0 Å². The molecule has 0 spiro atoms. The molecule has 0 aliphatic carbocycles. The van der Waals surface area contributed by atoms with E-state index in [0.29, 0.717) is 19.3 Å². The average Bonchev–Trinajstić information content (AvgIpc) is 2.90. The molecule has 2 rings (SSSR count). The van der Waals surface area contributed by atoms with Crippen molar-refractivity contribution in [3.8, 4) is 0 Å². The van der Waals surface area contributed by atoms with E-state index in [0.717, 1.165) is 6.42 Å². The fourth-order valence-electron chi connectivity index (χ4n) is 2.85. The first-order valence-electron chi connectivity index (χ1n) is 7.90. The van der Waals surface area contributed by atoms with Gasteiger partial charge in [-0.15, -0.1) is 0 Å². The van der Waals surface area contributed by atoms with Gasteiger partial charge >= 0.3 is 5.97 Å². The number of aryl methyl sites for hydroxylation is 2. The van der Waals surface area contributed by atoms with E-state index in [4.69, 9.17) is 5.11 Å². The van der Waals surface area contributed by atoms with Gasteiger partial charge in [-0.25, -0.2) is 0 Å². The van der Waals surface area contributed by atoms with E-state index in [1.165, 1.54) is 10.00 Å². The van der Waals surface area contributed by atoms with Gasteiger partial charge in [-0.1, -0.05) is 0 Å². The molecule has 0 bridgehead atoms. The van der Waals surface area contributed by atoms with Crippen LogP contribution in [0.1, 0.15) is 31.9 Å². The molecule has 1 aromatic rings. The van der Waals surface area contributed by atoms with Crippen LogP contribution in [0, 0.1) is 5.92 Å². The molecule has 1 saturated heterocycles. The first-order chi connectivity index (χ1) is 10.8. The minimum absolute atomic E-state index is 0.174. The highest BCUT2D eigenvalue weighted by Crippen LogP contribution is 2.19. The minimum Gasteiger partial charge on any atom is -0.481 e. The molecule has 2 N–H and O–H groups in total. The Labute approximate surface area is 137 Å².